The number of fused-ring (bicyclic) bond motifs is 1. The van der Waals surface area contributed by atoms with Crippen molar-refractivity contribution in [2.75, 3.05) is 5.32 Å². The van der Waals surface area contributed by atoms with Crippen molar-refractivity contribution in [1.29, 1.82) is 0 Å². The summed E-state index contributed by atoms with van der Waals surface area (Å²) in [7, 11) is 0. The normalized spacial score (nSPS) is 10.5. The third-order valence-electron chi connectivity index (χ3n) is 2.93. The van der Waals surface area contributed by atoms with Gasteiger partial charge in [0.25, 0.3) is 5.91 Å². The number of halogens is 1. The fraction of sp³-hybridized carbons (Fsp3) is 0. The number of phenols is 1. The first kappa shape index (κ1) is 13.0. The molecule has 0 aliphatic rings. The van der Waals surface area contributed by atoms with E-state index in [-0.39, 0.29) is 11.4 Å². The van der Waals surface area contributed by atoms with E-state index in [1.165, 1.54) is 18.3 Å². The number of anilines is 1. The van der Waals surface area contributed by atoms with Crippen LogP contribution in [-0.2, 0) is 0 Å². The van der Waals surface area contributed by atoms with Crippen molar-refractivity contribution in [2.24, 2.45) is 0 Å². The summed E-state index contributed by atoms with van der Waals surface area (Å²) in [5.41, 5.74) is 1.59. The van der Waals surface area contributed by atoms with E-state index in [4.69, 9.17) is 5.11 Å². The highest BCUT2D eigenvalue weighted by Gasteiger charge is 2.11. The van der Waals surface area contributed by atoms with Crippen molar-refractivity contribution >= 4 is 22.6 Å². The number of aromatic hydroxyl groups is 1. The standard InChI is InChI=1S/C15H10FN3O2/c16-11-8-10(20)2-4-12(11)19-15(21)9-1-3-13-14(7-9)18-6-5-17-13/h1-8,20H,(H,19,21). The van der Waals surface area contributed by atoms with Crippen LogP contribution in [0.3, 0.4) is 0 Å². The van der Waals surface area contributed by atoms with Gasteiger partial charge in [0.15, 0.2) is 0 Å². The molecule has 0 radical (unpaired) electrons. The molecule has 2 aromatic carbocycles. The monoisotopic (exact) mass is 283 g/mol. The van der Waals surface area contributed by atoms with E-state index in [9.17, 15) is 9.18 Å². The van der Waals surface area contributed by atoms with Crippen LogP contribution >= 0.6 is 0 Å². The van der Waals surface area contributed by atoms with Gasteiger partial charge in [-0.2, -0.15) is 0 Å². The smallest absolute Gasteiger partial charge is 0.255 e. The lowest BCUT2D eigenvalue weighted by Crippen LogP contribution is -2.13. The Labute approximate surface area is 119 Å². The Hall–Kier alpha value is -3.02. The topological polar surface area (TPSA) is 75.1 Å². The second kappa shape index (κ2) is 5.16. The molecule has 6 heteroatoms. The summed E-state index contributed by atoms with van der Waals surface area (Å²) in [4.78, 5) is 20.3. The summed E-state index contributed by atoms with van der Waals surface area (Å²) in [6.07, 6.45) is 3.09. The molecule has 5 nitrogen and oxygen atoms in total. The van der Waals surface area contributed by atoms with Crippen LogP contribution in [0.5, 0.6) is 5.75 Å². The predicted octanol–water partition coefficient (Wildman–Crippen LogP) is 2.73. The molecule has 2 N–H and O–H groups in total. The van der Waals surface area contributed by atoms with Gasteiger partial charge in [0.1, 0.15) is 11.6 Å². The van der Waals surface area contributed by atoms with Crippen molar-refractivity contribution in [3.8, 4) is 5.75 Å². The first-order chi connectivity index (χ1) is 10.1. The molecule has 3 rings (SSSR count). The van der Waals surface area contributed by atoms with Crippen LogP contribution in [-0.4, -0.2) is 21.0 Å². The lowest BCUT2D eigenvalue weighted by molar-refractivity contribution is 0.102. The minimum absolute atomic E-state index is 0.00274. The molecule has 0 atom stereocenters. The minimum Gasteiger partial charge on any atom is -0.508 e. The summed E-state index contributed by atoms with van der Waals surface area (Å²) < 4.78 is 13.6. The van der Waals surface area contributed by atoms with Crippen LogP contribution in [0.2, 0.25) is 0 Å². The molecule has 0 bridgehead atoms. The lowest BCUT2D eigenvalue weighted by Gasteiger charge is -2.07. The van der Waals surface area contributed by atoms with Crippen molar-refractivity contribution < 1.29 is 14.3 Å². The van der Waals surface area contributed by atoms with Gasteiger partial charge in [0.2, 0.25) is 0 Å². The summed E-state index contributed by atoms with van der Waals surface area (Å²) >= 11 is 0. The van der Waals surface area contributed by atoms with E-state index in [1.54, 1.807) is 24.4 Å². The second-order valence-electron chi connectivity index (χ2n) is 4.38. The van der Waals surface area contributed by atoms with E-state index in [2.05, 4.69) is 15.3 Å². The Balaban J connectivity index is 1.89. The number of nitrogens with one attached hydrogen (secondary N) is 1. The molecule has 0 aliphatic heterocycles. The third-order valence-corrected chi connectivity index (χ3v) is 2.93. The number of carbonyl (C=O) groups excluding carboxylic acids is 1. The van der Waals surface area contributed by atoms with E-state index in [0.29, 0.717) is 16.6 Å². The van der Waals surface area contributed by atoms with Gasteiger partial charge in [-0.1, -0.05) is 0 Å². The highest BCUT2D eigenvalue weighted by Crippen LogP contribution is 2.20. The second-order valence-corrected chi connectivity index (χ2v) is 4.38. The fourth-order valence-corrected chi connectivity index (χ4v) is 1.90. The number of nitrogens with zero attached hydrogens (tertiary/aromatic N) is 2. The minimum atomic E-state index is -0.705. The average molecular weight is 283 g/mol. The summed E-state index contributed by atoms with van der Waals surface area (Å²) in [5.74, 6) is -1.37. The molecule has 0 unspecified atom stereocenters. The highest BCUT2D eigenvalue weighted by molar-refractivity contribution is 6.05. The molecule has 1 heterocycles. The summed E-state index contributed by atoms with van der Waals surface area (Å²) in [6, 6.07) is 8.36. The van der Waals surface area contributed by atoms with Gasteiger partial charge >= 0.3 is 0 Å². The number of rotatable bonds is 2. The Morgan fingerprint density at radius 2 is 1.81 bits per heavy atom. The van der Waals surface area contributed by atoms with Crippen molar-refractivity contribution in [1.82, 2.24) is 9.97 Å². The zero-order chi connectivity index (χ0) is 14.8. The third kappa shape index (κ3) is 2.64. The van der Waals surface area contributed by atoms with Gasteiger partial charge in [-0.15, -0.1) is 0 Å². The molecule has 0 aliphatic carbocycles. The van der Waals surface area contributed by atoms with E-state index in [1.807, 2.05) is 0 Å². The quantitative estimate of drug-likeness (QED) is 0.709. The maximum absolute atomic E-state index is 13.6. The molecule has 3 aromatic rings. The van der Waals surface area contributed by atoms with E-state index >= 15 is 0 Å². The predicted molar refractivity (Wildman–Crippen MR) is 75.6 cm³/mol. The van der Waals surface area contributed by atoms with Gasteiger partial charge in [0, 0.05) is 24.0 Å². The number of phenolic OH excluding ortho intramolecular Hbond substituents is 1. The van der Waals surface area contributed by atoms with Crippen LogP contribution in [0.4, 0.5) is 10.1 Å². The van der Waals surface area contributed by atoms with E-state index < -0.39 is 11.7 Å². The Bertz CT molecular complexity index is 836. The van der Waals surface area contributed by atoms with Crippen LogP contribution < -0.4 is 5.32 Å². The van der Waals surface area contributed by atoms with Crippen LogP contribution in [0.1, 0.15) is 10.4 Å². The largest absolute Gasteiger partial charge is 0.508 e. The number of hydrogen-bond donors (Lipinski definition) is 2. The molecule has 0 saturated heterocycles. The van der Waals surface area contributed by atoms with Crippen LogP contribution in [0.25, 0.3) is 11.0 Å². The van der Waals surface area contributed by atoms with E-state index in [0.717, 1.165) is 6.07 Å². The first-order valence-corrected chi connectivity index (χ1v) is 6.14. The number of carbonyl (C=O) groups is 1. The van der Waals surface area contributed by atoms with Crippen LogP contribution in [0.15, 0.2) is 48.8 Å². The lowest BCUT2D eigenvalue weighted by atomic mass is 10.1. The summed E-state index contributed by atoms with van der Waals surface area (Å²) in [5, 5.41) is 11.6. The average Bonchev–Trinajstić information content (AvgIpc) is 2.49. The molecule has 1 aromatic heterocycles. The molecule has 0 saturated carbocycles. The SMILES string of the molecule is O=C(Nc1ccc(O)cc1F)c1ccc2nccnc2c1. The first-order valence-electron chi connectivity index (χ1n) is 6.14. The number of benzene rings is 2. The summed E-state index contributed by atoms with van der Waals surface area (Å²) in [6.45, 7) is 0. The van der Waals surface area contributed by atoms with Gasteiger partial charge in [-0.25, -0.2) is 4.39 Å². The number of amides is 1. The molecule has 0 spiro atoms. The van der Waals surface area contributed by atoms with Gasteiger partial charge < -0.3 is 10.4 Å². The molecule has 0 fully saturated rings. The Morgan fingerprint density at radius 3 is 2.57 bits per heavy atom. The molecular weight excluding hydrogens is 273 g/mol. The maximum atomic E-state index is 13.6. The number of hydrogen-bond acceptors (Lipinski definition) is 4. The molecule has 21 heavy (non-hydrogen) atoms. The van der Waals surface area contributed by atoms with Crippen molar-refractivity contribution in [3.05, 3.63) is 60.2 Å². The molecule has 1 amide bonds. The maximum Gasteiger partial charge on any atom is 0.255 e. The van der Waals surface area contributed by atoms with Crippen molar-refractivity contribution in [3.63, 3.8) is 0 Å². The van der Waals surface area contributed by atoms with Gasteiger partial charge in [-0.3, -0.25) is 14.8 Å². The Kier molecular flexibility index (Phi) is 3.19. The van der Waals surface area contributed by atoms with Crippen molar-refractivity contribution in [2.45, 2.75) is 0 Å². The fourth-order valence-electron chi connectivity index (χ4n) is 1.90. The Morgan fingerprint density at radius 1 is 1.05 bits per heavy atom. The van der Waals surface area contributed by atoms with Gasteiger partial charge in [-0.05, 0) is 30.3 Å². The highest BCUT2D eigenvalue weighted by atomic mass is 19.1. The van der Waals surface area contributed by atoms with Gasteiger partial charge in [0.05, 0.1) is 16.7 Å². The van der Waals surface area contributed by atoms with Crippen LogP contribution in [0, 0.1) is 5.82 Å². The molecule has 104 valence electrons. The zero-order valence-corrected chi connectivity index (χ0v) is 10.7. The molecular formula is C15H10FN3O2. The zero-order valence-electron chi connectivity index (χ0n) is 10.7. The number of aromatic nitrogens is 2.